The van der Waals surface area contributed by atoms with Crippen LogP contribution in [0.25, 0.3) is 11.0 Å². The average Bonchev–Trinajstić information content (AvgIpc) is 2.92. The zero-order chi connectivity index (χ0) is 18.0. The molecule has 0 saturated heterocycles. The fourth-order valence-corrected chi connectivity index (χ4v) is 3.94. The highest BCUT2D eigenvalue weighted by Gasteiger charge is 2.34. The molecule has 1 fully saturated rings. The second kappa shape index (κ2) is 7.26. The van der Waals surface area contributed by atoms with Crippen LogP contribution >= 0.6 is 0 Å². The molecule has 0 spiro atoms. The highest BCUT2D eigenvalue weighted by molar-refractivity contribution is 6.01. The molecule has 2 aromatic rings. The summed E-state index contributed by atoms with van der Waals surface area (Å²) in [6, 6.07) is 4.34. The molecule has 0 bridgehead atoms. The number of furan rings is 1. The molecule has 25 heavy (non-hydrogen) atoms. The van der Waals surface area contributed by atoms with Gasteiger partial charge in [0.05, 0.1) is 6.54 Å². The number of hydrogen-bond acceptors (Lipinski definition) is 4. The van der Waals surface area contributed by atoms with Gasteiger partial charge >= 0.3 is 0 Å². The predicted octanol–water partition coefficient (Wildman–Crippen LogP) is 3.92. The van der Waals surface area contributed by atoms with E-state index in [1.54, 1.807) is 13.0 Å². The van der Waals surface area contributed by atoms with Crippen molar-refractivity contribution in [3.63, 3.8) is 0 Å². The lowest BCUT2D eigenvalue weighted by Crippen LogP contribution is -2.53. The van der Waals surface area contributed by atoms with Crippen molar-refractivity contribution in [2.75, 3.05) is 27.2 Å². The summed E-state index contributed by atoms with van der Waals surface area (Å²) in [5, 5.41) is 4.00. The van der Waals surface area contributed by atoms with Gasteiger partial charge in [-0.2, -0.15) is 0 Å². The molecule has 3 rings (SSSR count). The van der Waals surface area contributed by atoms with Crippen molar-refractivity contribution in [2.24, 2.45) is 0 Å². The maximum Gasteiger partial charge on any atom is 0.212 e. The van der Waals surface area contributed by atoms with Crippen LogP contribution < -0.4 is 5.32 Å². The van der Waals surface area contributed by atoms with Crippen LogP contribution in [0.1, 0.15) is 48.2 Å². The van der Waals surface area contributed by atoms with Crippen LogP contribution in [0, 0.1) is 12.7 Å². The number of carbonyl (C=O) groups is 1. The van der Waals surface area contributed by atoms with Crippen LogP contribution in [0.3, 0.4) is 0 Å². The van der Waals surface area contributed by atoms with Crippen molar-refractivity contribution < 1.29 is 13.6 Å². The molecule has 0 radical (unpaired) electrons. The van der Waals surface area contributed by atoms with Gasteiger partial charge in [0.15, 0.2) is 5.76 Å². The number of benzene rings is 1. The number of halogens is 1. The molecule has 1 aromatic heterocycles. The average molecular weight is 346 g/mol. The lowest BCUT2D eigenvalue weighted by atomic mass is 9.80. The quantitative estimate of drug-likeness (QED) is 0.806. The first-order valence-electron chi connectivity index (χ1n) is 9.03. The summed E-state index contributed by atoms with van der Waals surface area (Å²) in [4.78, 5) is 14.9. The van der Waals surface area contributed by atoms with Gasteiger partial charge in [-0.1, -0.05) is 19.3 Å². The zero-order valence-electron chi connectivity index (χ0n) is 15.3. The summed E-state index contributed by atoms with van der Waals surface area (Å²) in [5.74, 6) is -0.0757. The molecule has 136 valence electrons. The maximum atomic E-state index is 13.4. The number of nitrogens with zero attached hydrogens (tertiary/aromatic N) is 1. The topological polar surface area (TPSA) is 45.5 Å². The summed E-state index contributed by atoms with van der Waals surface area (Å²) in [6.45, 7) is 2.83. The number of rotatable bonds is 6. The van der Waals surface area contributed by atoms with Gasteiger partial charge in [0.1, 0.15) is 11.4 Å². The Hall–Kier alpha value is -1.72. The number of aryl methyl sites for hydroxylation is 1. The third kappa shape index (κ3) is 3.62. The van der Waals surface area contributed by atoms with E-state index in [9.17, 15) is 9.18 Å². The van der Waals surface area contributed by atoms with E-state index in [-0.39, 0.29) is 23.7 Å². The number of hydrogen-bond donors (Lipinski definition) is 1. The summed E-state index contributed by atoms with van der Waals surface area (Å²) in [5.41, 5.74) is 1.39. The minimum Gasteiger partial charge on any atom is -0.453 e. The molecule has 0 amide bonds. The first kappa shape index (κ1) is 18.1. The number of ketones is 1. The van der Waals surface area contributed by atoms with E-state index >= 15 is 0 Å². The smallest absolute Gasteiger partial charge is 0.212 e. The van der Waals surface area contributed by atoms with Gasteiger partial charge in [-0.15, -0.1) is 0 Å². The fourth-order valence-electron chi connectivity index (χ4n) is 3.94. The molecule has 1 heterocycles. The van der Waals surface area contributed by atoms with Crippen LogP contribution in [-0.2, 0) is 0 Å². The predicted molar refractivity (Wildman–Crippen MR) is 97.6 cm³/mol. The second-order valence-electron chi connectivity index (χ2n) is 7.40. The normalized spacial score (nSPS) is 17.3. The van der Waals surface area contributed by atoms with Gasteiger partial charge in [-0.25, -0.2) is 4.39 Å². The van der Waals surface area contributed by atoms with Gasteiger partial charge in [0.2, 0.25) is 5.78 Å². The molecular weight excluding hydrogens is 319 g/mol. The molecule has 1 aromatic carbocycles. The molecule has 0 aliphatic heterocycles. The standard InChI is InChI=1S/C20H27FN2O2/c1-14-16-11-15(21)7-8-18(16)25-19(14)17(24)12-22-13-20(23(2)3)9-5-4-6-10-20/h7-8,11,22H,4-6,9-10,12-13H2,1-3H3. The van der Waals surface area contributed by atoms with E-state index in [4.69, 9.17) is 4.42 Å². The van der Waals surface area contributed by atoms with E-state index in [2.05, 4.69) is 24.3 Å². The Kier molecular flexibility index (Phi) is 5.25. The van der Waals surface area contributed by atoms with Crippen molar-refractivity contribution in [2.45, 2.75) is 44.6 Å². The fraction of sp³-hybridized carbons (Fsp3) is 0.550. The minimum atomic E-state index is -0.321. The lowest BCUT2D eigenvalue weighted by Gasteiger charge is -2.43. The van der Waals surface area contributed by atoms with Crippen LogP contribution in [0.4, 0.5) is 4.39 Å². The Balaban J connectivity index is 1.67. The highest BCUT2D eigenvalue weighted by atomic mass is 19.1. The van der Waals surface area contributed by atoms with E-state index in [1.807, 2.05) is 0 Å². The van der Waals surface area contributed by atoms with Crippen LogP contribution in [-0.4, -0.2) is 43.4 Å². The van der Waals surface area contributed by atoms with Crippen molar-refractivity contribution in [3.8, 4) is 0 Å². The van der Waals surface area contributed by atoms with Crippen molar-refractivity contribution in [1.29, 1.82) is 0 Å². The van der Waals surface area contributed by atoms with E-state index in [1.165, 1.54) is 31.4 Å². The lowest BCUT2D eigenvalue weighted by molar-refractivity contribution is 0.0890. The molecule has 4 nitrogen and oxygen atoms in total. The van der Waals surface area contributed by atoms with Gasteiger partial charge < -0.3 is 14.6 Å². The van der Waals surface area contributed by atoms with Gasteiger partial charge in [0.25, 0.3) is 0 Å². The van der Waals surface area contributed by atoms with Crippen molar-refractivity contribution >= 4 is 16.8 Å². The maximum absolute atomic E-state index is 13.4. The largest absolute Gasteiger partial charge is 0.453 e. The Bertz CT molecular complexity index is 760. The Morgan fingerprint density at radius 3 is 2.68 bits per heavy atom. The summed E-state index contributed by atoms with van der Waals surface area (Å²) in [7, 11) is 4.24. The highest BCUT2D eigenvalue weighted by Crippen LogP contribution is 2.31. The Labute approximate surface area is 148 Å². The molecule has 1 saturated carbocycles. The van der Waals surface area contributed by atoms with E-state index < -0.39 is 0 Å². The summed E-state index contributed by atoms with van der Waals surface area (Å²) < 4.78 is 19.1. The molecule has 0 atom stereocenters. The summed E-state index contributed by atoms with van der Waals surface area (Å²) in [6.07, 6.45) is 6.08. The van der Waals surface area contributed by atoms with Crippen LogP contribution in [0.15, 0.2) is 22.6 Å². The van der Waals surface area contributed by atoms with Gasteiger partial charge in [0, 0.05) is 23.0 Å². The first-order chi connectivity index (χ1) is 11.9. The molecular formula is C20H27FN2O2. The minimum absolute atomic E-state index is 0.0844. The molecule has 0 unspecified atom stereocenters. The zero-order valence-corrected chi connectivity index (χ0v) is 15.3. The number of Topliss-reactive ketones (excluding diaryl/α,β-unsaturated/α-hetero) is 1. The Morgan fingerprint density at radius 2 is 2.00 bits per heavy atom. The molecule has 1 aliphatic carbocycles. The Morgan fingerprint density at radius 1 is 1.28 bits per heavy atom. The molecule has 5 heteroatoms. The van der Waals surface area contributed by atoms with Crippen LogP contribution in [0.2, 0.25) is 0 Å². The SMILES string of the molecule is Cc1c(C(=O)CNCC2(N(C)C)CCCCC2)oc2ccc(F)cc12. The number of carbonyl (C=O) groups excluding carboxylic acids is 1. The van der Waals surface area contributed by atoms with E-state index in [0.29, 0.717) is 22.3 Å². The van der Waals surface area contributed by atoms with E-state index in [0.717, 1.165) is 19.4 Å². The van der Waals surface area contributed by atoms with Crippen molar-refractivity contribution in [1.82, 2.24) is 10.2 Å². The monoisotopic (exact) mass is 346 g/mol. The first-order valence-corrected chi connectivity index (χ1v) is 9.03. The number of likely N-dealkylation sites (N-methyl/N-ethyl adjacent to an activating group) is 1. The van der Waals surface area contributed by atoms with Gasteiger partial charge in [-0.3, -0.25) is 4.79 Å². The summed E-state index contributed by atoms with van der Waals surface area (Å²) >= 11 is 0. The third-order valence-electron chi connectivity index (χ3n) is 5.62. The molecule has 1 N–H and O–H groups in total. The molecule has 1 aliphatic rings. The van der Waals surface area contributed by atoms with Crippen molar-refractivity contribution in [3.05, 3.63) is 35.3 Å². The number of nitrogens with one attached hydrogen (secondary N) is 1. The number of fused-ring (bicyclic) bond motifs is 1. The van der Waals surface area contributed by atoms with Crippen LogP contribution in [0.5, 0.6) is 0 Å². The van der Waals surface area contributed by atoms with Gasteiger partial charge in [-0.05, 0) is 52.1 Å². The third-order valence-corrected chi connectivity index (χ3v) is 5.62. The second-order valence-corrected chi connectivity index (χ2v) is 7.40.